The smallest absolute Gasteiger partial charge is 0.352 e. The maximum atomic E-state index is 12.7. The van der Waals surface area contributed by atoms with E-state index >= 15 is 0 Å². The second kappa shape index (κ2) is 6.12. The van der Waals surface area contributed by atoms with Crippen LogP contribution in [0.2, 0.25) is 0 Å². The van der Waals surface area contributed by atoms with Crippen molar-refractivity contribution in [2.75, 3.05) is 11.9 Å². The molecule has 2 amide bonds. The first-order valence-corrected chi connectivity index (χ1v) is 6.12. The second-order valence-corrected chi connectivity index (χ2v) is 4.36. The molecule has 0 aromatic heterocycles. The number of amides is 2. The van der Waals surface area contributed by atoms with E-state index in [1.807, 2.05) is 0 Å². The molecule has 0 unspecified atom stereocenters. The molecule has 7 nitrogen and oxygen atoms in total. The Labute approximate surface area is 119 Å². The first kappa shape index (κ1) is 14.6. The molecule has 2 rings (SSSR count). The standard InChI is InChI=1S/C13H12FN3O4/c14-8-1-3-9(4-2-8)15-11(18)7-17-12(19)6-5-10(16-17)13(20)21/h1-4H,5-7H2,(H,15,18)(H,20,21). The van der Waals surface area contributed by atoms with Crippen molar-refractivity contribution in [2.45, 2.75) is 12.8 Å². The van der Waals surface area contributed by atoms with Gasteiger partial charge in [0.2, 0.25) is 11.8 Å². The highest BCUT2D eigenvalue weighted by Crippen LogP contribution is 2.11. The molecule has 8 heteroatoms. The minimum atomic E-state index is -1.22. The molecule has 1 aromatic rings. The number of nitrogens with one attached hydrogen (secondary N) is 1. The van der Waals surface area contributed by atoms with E-state index in [-0.39, 0.29) is 18.6 Å². The molecule has 0 saturated heterocycles. The van der Waals surface area contributed by atoms with Gasteiger partial charge in [-0.3, -0.25) is 9.59 Å². The molecule has 1 aliphatic rings. The fraction of sp³-hybridized carbons (Fsp3) is 0.231. The number of aliphatic carboxylic acids is 1. The topological polar surface area (TPSA) is 99.1 Å². The largest absolute Gasteiger partial charge is 0.477 e. The van der Waals surface area contributed by atoms with E-state index in [1.54, 1.807) is 0 Å². The molecule has 0 fully saturated rings. The van der Waals surface area contributed by atoms with Crippen molar-refractivity contribution in [3.8, 4) is 0 Å². The zero-order chi connectivity index (χ0) is 15.4. The van der Waals surface area contributed by atoms with Gasteiger partial charge in [0.15, 0.2) is 0 Å². The van der Waals surface area contributed by atoms with Gasteiger partial charge in [0, 0.05) is 18.5 Å². The molecule has 110 valence electrons. The third-order valence-corrected chi connectivity index (χ3v) is 2.77. The van der Waals surface area contributed by atoms with Crippen LogP contribution in [-0.4, -0.2) is 40.2 Å². The summed E-state index contributed by atoms with van der Waals surface area (Å²) in [7, 11) is 0. The molecule has 0 saturated carbocycles. The van der Waals surface area contributed by atoms with Crippen molar-refractivity contribution >= 4 is 29.2 Å². The normalized spacial score (nSPS) is 14.6. The van der Waals surface area contributed by atoms with Crippen molar-refractivity contribution in [1.82, 2.24) is 5.01 Å². The van der Waals surface area contributed by atoms with Gasteiger partial charge in [-0.2, -0.15) is 5.10 Å². The van der Waals surface area contributed by atoms with Gasteiger partial charge < -0.3 is 10.4 Å². The van der Waals surface area contributed by atoms with Crippen LogP contribution in [0.5, 0.6) is 0 Å². The van der Waals surface area contributed by atoms with E-state index in [0.29, 0.717) is 5.69 Å². The van der Waals surface area contributed by atoms with Crippen LogP contribution in [-0.2, 0) is 14.4 Å². The van der Waals surface area contributed by atoms with E-state index in [0.717, 1.165) is 5.01 Å². The summed E-state index contributed by atoms with van der Waals surface area (Å²) in [5.41, 5.74) is 0.206. The van der Waals surface area contributed by atoms with Crippen molar-refractivity contribution in [1.29, 1.82) is 0 Å². The van der Waals surface area contributed by atoms with Gasteiger partial charge >= 0.3 is 5.97 Å². The number of carboxylic acid groups (broad SMARTS) is 1. The summed E-state index contributed by atoms with van der Waals surface area (Å²) < 4.78 is 12.7. The number of nitrogens with zero attached hydrogens (tertiary/aromatic N) is 2. The fourth-order valence-corrected chi connectivity index (χ4v) is 1.75. The van der Waals surface area contributed by atoms with Gasteiger partial charge in [0.05, 0.1) is 0 Å². The first-order chi connectivity index (χ1) is 9.95. The van der Waals surface area contributed by atoms with Crippen LogP contribution in [0.4, 0.5) is 10.1 Å². The number of carbonyl (C=O) groups is 3. The van der Waals surface area contributed by atoms with Crippen LogP contribution in [0.25, 0.3) is 0 Å². The molecule has 1 aliphatic heterocycles. The van der Waals surface area contributed by atoms with Crippen LogP contribution in [0.3, 0.4) is 0 Å². The van der Waals surface area contributed by atoms with Crippen LogP contribution in [0, 0.1) is 5.82 Å². The fourth-order valence-electron chi connectivity index (χ4n) is 1.75. The lowest BCUT2D eigenvalue weighted by atomic mass is 10.2. The number of hydrogen-bond acceptors (Lipinski definition) is 4. The number of halogens is 1. The summed E-state index contributed by atoms with van der Waals surface area (Å²) in [4.78, 5) is 34.2. The zero-order valence-corrected chi connectivity index (χ0v) is 10.9. The molecule has 1 heterocycles. The number of carbonyl (C=O) groups excluding carboxylic acids is 2. The molecule has 0 aliphatic carbocycles. The zero-order valence-electron chi connectivity index (χ0n) is 10.9. The lowest BCUT2D eigenvalue weighted by molar-refractivity contribution is -0.136. The quantitative estimate of drug-likeness (QED) is 0.858. The summed E-state index contributed by atoms with van der Waals surface area (Å²) >= 11 is 0. The van der Waals surface area contributed by atoms with Gasteiger partial charge in [-0.05, 0) is 24.3 Å². The van der Waals surface area contributed by atoms with E-state index < -0.39 is 30.1 Å². The Kier molecular flexibility index (Phi) is 4.27. The maximum absolute atomic E-state index is 12.7. The predicted octanol–water partition coefficient (Wildman–Crippen LogP) is 0.827. The highest BCUT2D eigenvalue weighted by Gasteiger charge is 2.25. The second-order valence-electron chi connectivity index (χ2n) is 4.36. The SMILES string of the molecule is O=C(CN1N=C(C(=O)O)CCC1=O)Nc1ccc(F)cc1. The van der Waals surface area contributed by atoms with Crippen LogP contribution >= 0.6 is 0 Å². The van der Waals surface area contributed by atoms with Crippen molar-refractivity contribution < 1.29 is 23.9 Å². The lowest BCUT2D eigenvalue weighted by Crippen LogP contribution is -2.39. The molecule has 1 aromatic carbocycles. The van der Waals surface area contributed by atoms with E-state index in [2.05, 4.69) is 10.4 Å². The molecule has 21 heavy (non-hydrogen) atoms. The molecule has 0 radical (unpaired) electrons. The number of hydrogen-bond donors (Lipinski definition) is 2. The third kappa shape index (κ3) is 3.85. The first-order valence-electron chi connectivity index (χ1n) is 6.12. The van der Waals surface area contributed by atoms with E-state index in [9.17, 15) is 18.8 Å². The van der Waals surface area contributed by atoms with Gasteiger partial charge in [-0.25, -0.2) is 14.2 Å². The van der Waals surface area contributed by atoms with E-state index in [1.165, 1.54) is 24.3 Å². The molecular formula is C13H12FN3O4. The van der Waals surface area contributed by atoms with Crippen LogP contribution in [0.1, 0.15) is 12.8 Å². The summed E-state index contributed by atoms with van der Waals surface area (Å²) in [6.45, 7) is -0.396. The molecule has 0 bridgehead atoms. The van der Waals surface area contributed by atoms with Crippen LogP contribution in [0.15, 0.2) is 29.4 Å². The minimum absolute atomic E-state index is 0.00500. The van der Waals surface area contributed by atoms with Gasteiger partial charge in [-0.15, -0.1) is 0 Å². The Morgan fingerprint density at radius 1 is 1.29 bits per heavy atom. The Hall–Kier alpha value is -2.77. The number of hydrazone groups is 1. The molecule has 0 atom stereocenters. The minimum Gasteiger partial charge on any atom is -0.477 e. The van der Waals surface area contributed by atoms with Crippen molar-refractivity contribution in [2.24, 2.45) is 5.10 Å². The Bertz CT molecular complexity index is 612. The van der Waals surface area contributed by atoms with Gasteiger partial charge in [0.1, 0.15) is 18.1 Å². The number of anilines is 1. The van der Waals surface area contributed by atoms with Crippen molar-refractivity contribution in [3.05, 3.63) is 30.1 Å². The summed E-state index contributed by atoms with van der Waals surface area (Å²) in [6, 6.07) is 5.11. The molecule has 2 N–H and O–H groups in total. The monoisotopic (exact) mass is 293 g/mol. The lowest BCUT2D eigenvalue weighted by Gasteiger charge is -2.21. The van der Waals surface area contributed by atoms with Crippen LogP contribution < -0.4 is 5.32 Å². The van der Waals surface area contributed by atoms with Gasteiger partial charge in [0.25, 0.3) is 0 Å². The number of benzene rings is 1. The summed E-state index contributed by atoms with van der Waals surface area (Å²) in [6.07, 6.45) is 0.0409. The Morgan fingerprint density at radius 3 is 2.57 bits per heavy atom. The number of rotatable bonds is 4. The highest BCUT2D eigenvalue weighted by atomic mass is 19.1. The summed E-state index contributed by atoms with van der Waals surface area (Å²) in [5.74, 6) is -2.62. The van der Waals surface area contributed by atoms with E-state index in [4.69, 9.17) is 5.11 Å². The Balaban J connectivity index is 2.01. The summed E-state index contributed by atoms with van der Waals surface area (Å²) in [5, 5.41) is 15.8. The molecule has 0 spiro atoms. The predicted molar refractivity (Wildman–Crippen MR) is 71.0 cm³/mol. The van der Waals surface area contributed by atoms with Crippen molar-refractivity contribution in [3.63, 3.8) is 0 Å². The highest BCUT2D eigenvalue weighted by molar-refractivity contribution is 6.36. The Morgan fingerprint density at radius 2 is 1.95 bits per heavy atom. The molecular weight excluding hydrogens is 281 g/mol. The average Bonchev–Trinajstić information content (AvgIpc) is 2.43. The third-order valence-electron chi connectivity index (χ3n) is 2.77. The average molecular weight is 293 g/mol. The number of carboxylic acids is 1. The van der Waals surface area contributed by atoms with Gasteiger partial charge in [-0.1, -0.05) is 0 Å². The maximum Gasteiger partial charge on any atom is 0.352 e.